The molecule has 94 valence electrons. The summed E-state index contributed by atoms with van der Waals surface area (Å²) >= 11 is 5.98. The molecule has 0 spiro atoms. The fraction of sp³-hybridized carbons (Fsp3) is 0.538. The van der Waals surface area contributed by atoms with E-state index in [0.29, 0.717) is 17.0 Å². The van der Waals surface area contributed by atoms with Crippen LogP contribution in [0, 0.1) is 5.82 Å². The van der Waals surface area contributed by atoms with Crippen molar-refractivity contribution in [1.29, 1.82) is 0 Å². The van der Waals surface area contributed by atoms with Gasteiger partial charge in [-0.15, -0.1) is 0 Å². The van der Waals surface area contributed by atoms with E-state index >= 15 is 0 Å². The molecule has 2 rings (SSSR count). The van der Waals surface area contributed by atoms with Crippen molar-refractivity contribution in [1.82, 2.24) is 4.90 Å². The molecule has 4 heteroatoms. The van der Waals surface area contributed by atoms with Crippen LogP contribution in [0.4, 0.5) is 4.39 Å². The number of aliphatic hydroxyl groups is 1. The van der Waals surface area contributed by atoms with Crippen LogP contribution < -0.4 is 0 Å². The fourth-order valence-corrected chi connectivity index (χ4v) is 2.68. The fourth-order valence-electron chi connectivity index (χ4n) is 2.42. The van der Waals surface area contributed by atoms with E-state index in [1.165, 1.54) is 6.07 Å². The first-order chi connectivity index (χ1) is 8.22. The van der Waals surface area contributed by atoms with Gasteiger partial charge in [-0.1, -0.05) is 17.7 Å². The van der Waals surface area contributed by atoms with Crippen LogP contribution in [0.1, 0.15) is 18.4 Å². The van der Waals surface area contributed by atoms with Crippen LogP contribution in [-0.4, -0.2) is 35.7 Å². The predicted octanol–water partition coefficient (Wildman–Crippen LogP) is 2.48. The van der Waals surface area contributed by atoms with Gasteiger partial charge < -0.3 is 5.11 Å². The molecule has 17 heavy (non-hydrogen) atoms. The summed E-state index contributed by atoms with van der Waals surface area (Å²) in [4.78, 5) is 2.21. The van der Waals surface area contributed by atoms with Gasteiger partial charge in [0.25, 0.3) is 0 Å². The van der Waals surface area contributed by atoms with Crippen molar-refractivity contribution < 1.29 is 9.50 Å². The molecule has 1 aliphatic heterocycles. The number of likely N-dealkylation sites (tertiary alicyclic amines) is 1. The summed E-state index contributed by atoms with van der Waals surface area (Å²) in [7, 11) is 0. The molecular formula is C13H17ClFNO. The van der Waals surface area contributed by atoms with Gasteiger partial charge in [0.2, 0.25) is 0 Å². The maximum Gasteiger partial charge on any atom is 0.127 e. The Bertz CT molecular complexity index is 365. The van der Waals surface area contributed by atoms with Crippen LogP contribution in [0.15, 0.2) is 18.2 Å². The maximum absolute atomic E-state index is 13.6. The van der Waals surface area contributed by atoms with Crippen LogP contribution in [0.25, 0.3) is 0 Å². The number of rotatable bonds is 4. The highest BCUT2D eigenvalue weighted by atomic mass is 35.5. The lowest BCUT2D eigenvalue weighted by atomic mass is 10.1. The van der Waals surface area contributed by atoms with Crippen LogP contribution in [0.2, 0.25) is 5.02 Å². The standard InChI is InChI=1S/C13H17ClFNO/c14-12-4-1-5-13(15)11(12)6-8-16-7-2-3-10(16)9-17/h1,4-5,10,17H,2-3,6-9H2/t10-/m1/s1. The summed E-state index contributed by atoms with van der Waals surface area (Å²) in [5, 5.41) is 9.69. The summed E-state index contributed by atoms with van der Waals surface area (Å²) in [6.45, 7) is 1.92. The normalized spacial score (nSPS) is 21.0. The van der Waals surface area contributed by atoms with E-state index < -0.39 is 0 Å². The largest absolute Gasteiger partial charge is 0.395 e. The third-order valence-electron chi connectivity index (χ3n) is 3.42. The van der Waals surface area contributed by atoms with Gasteiger partial charge in [0.05, 0.1) is 6.61 Å². The Balaban J connectivity index is 1.98. The van der Waals surface area contributed by atoms with Crippen LogP contribution in [0.5, 0.6) is 0 Å². The van der Waals surface area contributed by atoms with Gasteiger partial charge in [0.15, 0.2) is 0 Å². The topological polar surface area (TPSA) is 23.5 Å². The Labute approximate surface area is 106 Å². The minimum atomic E-state index is -0.239. The highest BCUT2D eigenvalue weighted by Gasteiger charge is 2.23. The van der Waals surface area contributed by atoms with Gasteiger partial charge >= 0.3 is 0 Å². The van der Waals surface area contributed by atoms with Gasteiger partial charge in [-0.3, -0.25) is 4.90 Å². The molecule has 0 radical (unpaired) electrons. The van der Waals surface area contributed by atoms with Crippen molar-refractivity contribution in [3.8, 4) is 0 Å². The maximum atomic E-state index is 13.6. The van der Waals surface area contributed by atoms with Crippen molar-refractivity contribution in [2.75, 3.05) is 19.7 Å². The van der Waals surface area contributed by atoms with E-state index in [2.05, 4.69) is 4.90 Å². The molecule has 0 amide bonds. The van der Waals surface area contributed by atoms with Crippen molar-refractivity contribution >= 4 is 11.6 Å². The highest BCUT2D eigenvalue weighted by molar-refractivity contribution is 6.31. The molecule has 1 aliphatic rings. The first-order valence-electron chi connectivity index (χ1n) is 6.00. The lowest BCUT2D eigenvalue weighted by molar-refractivity contribution is 0.160. The molecule has 1 atom stereocenters. The second kappa shape index (κ2) is 5.80. The van der Waals surface area contributed by atoms with E-state index in [1.54, 1.807) is 12.1 Å². The summed E-state index contributed by atoms with van der Waals surface area (Å²) < 4.78 is 13.6. The van der Waals surface area contributed by atoms with Crippen LogP contribution >= 0.6 is 11.6 Å². The Morgan fingerprint density at radius 2 is 2.29 bits per heavy atom. The molecule has 1 heterocycles. The first-order valence-corrected chi connectivity index (χ1v) is 6.38. The summed E-state index contributed by atoms with van der Waals surface area (Å²) in [6, 6.07) is 5.01. The van der Waals surface area contributed by atoms with E-state index in [9.17, 15) is 9.50 Å². The van der Waals surface area contributed by atoms with E-state index in [0.717, 1.165) is 25.9 Å². The Hall–Kier alpha value is -0.640. The number of aliphatic hydroxyl groups excluding tert-OH is 1. The molecule has 1 N–H and O–H groups in total. The van der Waals surface area contributed by atoms with Gasteiger partial charge in [-0.05, 0) is 37.9 Å². The zero-order valence-electron chi connectivity index (χ0n) is 9.70. The van der Waals surface area contributed by atoms with E-state index in [-0.39, 0.29) is 18.5 Å². The average molecular weight is 258 g/mol. The second-order valence-corrected chi connectivity index (χ2v) is 4.87. The highest BCUT2D eigenvalue weighted by Crippen LogP contribution is 2.22. The summed E-state index contributed by atoms with van der Waals surface area (Å²) in [5.41, 5.74) is 0.581. The lowest BCUT2D eigenvalue weighted by Gasteiger charge is -2.22. The molecule has 1 saturated heterocycles. The van der Waals surface area contributed by atoms with Gasteiger partial charge in [-0.2, -0.15) is 0 Å². The number of hydrogen-bond acceptors (Lipinski definition) is 2. The Kier molecular flexibility index (Phi) is 4.37. The summed E-state index contributed by atoms with van der Waals surface area (Å²) in [5.74, 6) is -0.239. The monoisotopic (exact) mass is 257 g/mol. The average Bonchev–Trinajstić information content (AvgIpc) is 2.76. The molecular weight excluding hydrogens is 241 g/mol. The van der Waals surface area contributed by atoms with Gasteiger partial charge in [-0.25, -0.2) is 4.39 Å². The molecule has 0 aromatic heterocycles. The second-order valence-electron chi connectivity index (χ2n) is 4.46. The quantitative estimate of drug-likeness (QED) is 0.896. The third kappa shape index (κ3) is 2.97. The van der Waals surface area contributed by atoms with Crippen molar-refractivity contribution in [3.63, 3.8) is 0 Å². The van der Waals surface area contributed by atoms with Crippen LogP contribution in [0.3, 0.4) is 0 Å². The number of nitrogens with zero attached hydrogens (tertiary/aromatic N) is 1. The molecule has 0 saturated carbocycles. The number of benzene rings is 1. The molecule has 0 bridgehead atoms. The minimum Gasteiger partial charge on any atom is -0.395 e. The van der Waals surface area contributed by atoms with Gasteiger partial charge in [0.1, 0.15) is 5.82 Å². The minimum absolute atomic E-state index is 0.186. The molecule has 0 aliphatic carbocycles. The Morgan fingerprint density at radius 3 is 3.00 bits per heavy atom. The Morgan fingerprint density at radius 1 is 1.47 bits per heavy atom. The molecule has 0 unspecified atom stereocenters. The number of hydrogen-bond donors (Lipinski definition) is 1. The zero-order chi connectivity index (χ0) is 12.3. The summed E-state index contributed by atoms with van der Waals surface area (Å²) in [6.07, 6.45) is 2.74. The van der Waals surface area contributed by atoms with Crippen molar-refractivity contribution in [2.24, 2.45) is 0 Å². The number of halogens is 2. The molecule has 1 aromatic rings. The molecule has 1 fully saturated rings. The zero-order valence-corrected chi connectivity index (χ0v) is 10.5. The predicted molar refractivity (Wildman–Crippen MR) is 66.8 cm³/mol. The van der Waals surface area contributed by atoms with Crippen molar-refractivity contribution in [3.05, 3.63) is 34.6 Å². The first kappa shape index (κ1) is 12.8. The smallest absolute Gasteiger partial charge is 0.127 e. The van der Waals surface area contributed by atoms with Gasteiger partial charge in [0, 0.05) is 23.2 Å². The SMILES string of the molecule is OC[C@H]1CCCN1CCc1c(F)cccc1Cl. The third-order valence-corrected chi connectivity index (χ3v) is 3.77. The van der Waals surface area contributed by atoms with E-state index in [1.807, 2.05) is 0 Å². The lowest BCUT2D eigenvalue weighted by Crippen LogP contribution is -2.34. The van der Waals surface area contributed by atoms with Crippen LogP contribution in [-0.2, 0) is 6.42 Å². The molecule has 2 nitrogen and oxygen atoms in total. The molecule has 1 aromatic carbocycles. The van der Waals surface area contributed by atoms with E-state index in [4.69, 9.17) is 11.6 Å². The van der Waals surface area contributed by atoms with Crippen molar-refractivity contribution in [2.45, 2.75) is 25.3 Å².